The molecule has 3 heteroatoms. The smallest absolute Gasteiger partial charge is 0.0547 e. The van der Waals surface area contributed by atoms with Crippen LogP contribution in [0.25, 0.3) is 0 Å². The van der Waals surface area contributed by atoms with E-state index in [4.69, 9.17) is 5.73 Å². The van der Waals surface area contributed by atoms with E-state index in [2.05, 4.69) is 29.8 Å². The van der Waals surface area contributed by atoms with Crippen molar-refractivity contribution in [2.24, 2.45) is 11.1 Å². The molecule has 1 aliphatic rings. The summed E-state index contributed by atoms with van der Waals surface area (Å²) in [7, 11) is 0. The molecule has 1 aromatic heterocycles. The molecule has 2 N–H and O–H groups in total. The van der Waals surface area contributed by atoms with Crippen LogP contribution in [0.1, 0.15) is 31.7 Å². The zero-order valence-electron chi connectivity index (χ0n) is 10.2. The SMILES string of the molecule is CC1(C)CCN(Cc2cccc(CN)n2)C1. The van der Waals surface area contributed by atoms with E-state index >= 15 is 0 Å². The van der Waals surface area contributed by atoms with Crippen molar-refractivity contribution in [1.82, 2.24) is 9.88 Å². The average molecular weight is 219 g/mol. The molecule has 3 nitrogen and oxygen atoms in total. The highest BCUT2D eigenvalue weighted by atomic mass is 15.2. The molecule has 1 aromatic rings. The molecule has 0 amide bonds. The van der Waals surface area contributed by atoms with Crippen LogP contribution in [-0.4, -0.2) is 23.0 Å². The summed E-state index contributed by atoms with van der Waals surface area (Å²) in [4.78, 5) is 7.01. The summed E-state index contributed by atoms with van der Waals surface area (Å²) in [5.74, 6) is 0. The molecule has 0 aromatic carbocycles. The van der Waals surface area contributed by atoms with Crippen molar-refractivity contribution in [3.63, 3.8) is 0 Å². The minimum absolute atomic E-state index is 0.464. The van der Waals surface area contributed by atoms with Gasteiger partial charge in [0, 0.05) is 19.6 Å². The Balaban J connectivity index is 1.99. The molecule has 2 heterocycles. The molecule has 1 fully saturated rings. The number of pyridine rings is 1. The lowest BCUT2D eigenvalue weighted by atomic mass is 9.93. The van der Waals surface area contributed by atoms with Crippen molar-refractivity contribution in [3.8, 4) is 0 Å². The number of aromatic nitrogens is 1. The monoisotopic (exact) mass is 219 g/mol. The van der Waals surface area contributed by atoms with Crippen LogP contribution in [-0.2, 0) is 13.1 Å². The first kappa shape index (κ1) is 11.6. The molecule has 1 saturated heterocycles. The van der Waals surface area contributed by atoms with Crippen molar-refractivity contribution < 1.29 is 0 Å². The summed E-state index contributed by atoms with van der Waals surface area (Å²) >= 11 is 0. The van der Waals surface area contributed by atoms with Gasteiger partial charge in [0.05, 0.1) is 11.4 Å². The average Bonchev–Trinajstić information content (AvgIpc) is 2.58. The number of likely N-dealkylation sites (tertiary alicyclic amines) is 1. The quantitative estimate of drug-likeness (QED) is 0.842. The lowest BCUT2D eigenvalue weighted by Gasteiger charge is -2.19. The van der Waals surface area contributed by atoms with E-state index in [-0.39, 0.29) is 0 Å². The maximum Gasteiger partial charge on any atom is 0.0547 e. The van der Waals surface area contributed by atoms with E-state index in [1.165, 1.54) is 19.5 Å². The van der Waals surface area contributed by atoms with Crippen LogP contribution < -0.4 is 5.73 Å². The van der Waals surface area contributed by atoms with Crippen molar-refractivity contribution in [2.45, 2.75) is 33.4 Å². The summed E-state index contributed by atoms with van der Waals surface area (Å²) in [5.41, 5.74) is 8.18. The van der Waals surface area contributed by atoms with Crippen molar-refractivity contribution in [1.29, 1.82) is 0 Å². The first-order valence-electron chi connectivity index (χ1n) is 5.96. The molecule has 16 heavy (non-hydrogen) atoms. The molecule has 2 rings (SSSR count). The van der Waals surface area contributed by atoms with Gasteiger partial charge >= 0.3 is 0 Å². The summed E-state index contributed by atoms with van der Waals surface area (Å²) in [5, 5.41) is 0. The highest BCUT2D eigenvalue weighted by molar-refractivity contribution is 5.11. The molecule has 0 bridgehead atoms. The maximum absolute atomic E-state index is 5.59. The lowest BCUT2D eigenvalue weighted by Crippen LogP contribution is -2.23. The zero-order chi connectivity index (χ0) is 11.6. The highest BCUT2D eigenvalue weighted by Crippen LogP contribution is 2.29. The molecular formula is C13H21N3. The second-order valence-electron chi connectivity index (χ2n) is 5.45. The van der Waals surface area contributed by atoms with E-state index in [9.17, 15) is 0 Å². The van der Waals surface area contributed by atoms with Crippen molar-refractivity contribution >= 4 is 0 Å². The fourth-order valence-corrected chi connectivity index (χ4v) is 2.32. The van der Waals surface area contributed by atoms with Gasteiger partial charge in [-0.05, 0) is 30.5 Å². The Morgan fingerprint density at radius 3 is 2.75 bits per heavy atom. The van der Waals surface area contributed by atoms with E-state index < -0.39 is 0 Å². The van der Waals surface area contributed by atoms with Gasteiger partial charge < -0.3 is 5.73 Å². The topological polar surface area (TPSA) is 42.1 Å². The second kappa shape index (κ2) is 4.52. The van der Waals surface area contributed by atoms with Crippen LogP contribution in [0.5, 0.6) is 0 Å². The molecule has 1 aliphatic heterocycles. The fraction of sp³-hybridized carbons (Fsp3) is 0.615. The third-order valence-electron chi connectivity index (χ3n) is 3.22. The molecule has 0 spiro atoms. The Bertz CT molecular complexity index is 360. The van der Waals surface area contributed by atoms with E-state index in [0.29, 0.717) is 12.0 Å². The summed E-state index contributed by atoms with van der Waals surface area (Å²) in [6.45, 7) is 8.49. The van der Waals surface area contributed by atoms with Gasteiger partial charge in [-0.3, -0.25) is 9.88 Å². The Hall–Kier alpha value is -0.930. The lowest BCUT2D eigenvalue weighted by molar-refractivity contribution is 0.281. The molecule has 0 radical (unpaired) electrons. The maximum atomic E-state index is 5.59. The van der Waals surface area contributed by atoms with Gasteiger partial charge in [0.1, 0.15) is 0 Å². The minimum atomic E-state index is 0.464. The van der Waals surface area contributed by atoms with Gasteiger partial charge in [0.15, 0.2) is 0 Å². The normalized spacial score (nSPS) is 20.2. The van der Waals surface area contributed by atoms with Crippen LogP contribution in [0.2, 0.25) is 0 Å². The summed E-state index contributed by atoms with van der Waals surface area (Å²) in [6.07, 6.45) is 1.28. The molecule has 0 aliphatic carbocycles. The number of nitrogens with zero attached hydrogens (tertiary/aromatic N) is 2. The summed E-state index contributed by atoms with van der Waals surface area (Å²) in [6, 6.07) is 6.12. The molecule has 0 unspecified atom stereocenters. The van der Waals surface area contributed by atoms with Crippen LogP contribution in [0, 0.1) is 5.41 Å². The van der Waals surface area contributed by atoms with Gasteiger partial charge in [-0.25, -0.2) is 0 Å². The molecule has 0 saturated carbocycles. The third-order valence-corrected chi connectivity index (χ3v) is 3.22. The van der Waals surface area contributed by atoms with Crippen LogP contribution in [0.15, 0.2) is 18.2 Å². The number of rotatable bonds is 3. The van der Waals surface area contributed by atoms with E-state index in [0.717, 1.165) is 17.9 Å². The first-order valence-corrected chi connectivity index (χ1v) is 5.96. The van der Waals surface area contributed by atoms with Crippen molar-refractivity contribution in [3.05, 3.63) is 29.6 Å². The Morgan fingerprint density at radius 2 is 2.12 bits per heavy atom. The Kier molecular flexibility index (Phi) is 3.26. The van der Waals surface area contributed by atoms with Crippen molar-refractivity contribution in [2.75, 3.05) is 13.1 Å². The standard InChI is InChI=1S/C13H21N3/c1-13(2)6-7-16(10-13)9-12-5-3-4-11(8-14)15-12/h3-5H,6-10,14H2,1-2H3. The summed E-state index contributed by atoms with van der Waals surface area (Å²) < 4.78 is 0. The van der Waals surface area contributed by atoms with Gasteiger partial charge in [-0.1, -0.05) is 19.9 Å². The van der Waals surface area contributed by atoms with Gasteiger partial charge in [-0.2, -0.15) is 0 Å². The predicted molar refractivity (Wildman–Crippen MR) is 65.8 cm³/mol. The van der Waals surface area contributed by atoms with Gasteiger partial charge in [0.25, 0.3) is 0 Å². The first-order chi connectivity index (χ1) is 7.59. The molecule has 88 valence electrons. The largest absolute Gasteiger partial charge is 0.325 e. The van der Waals surface area contributed by atoms with Gasteiger partial charge in [-0.15, -0.1) is 0 Å². The second-order valence-corrected chi connectivity index (χ2v) is 5.45. The van der Waals surface area contributed by atoms with Crippen LogP contribution >= 0.6 is 0 Å². The fourth-order valence-electron chi connectivity index (χ4n) is 2.32. The number of nitrogens with two attached hydrogens (primary N) is 1. The minimum Gasteiger partial charge on any atom is -0.325 e. The molecular weight excluding hydrogens is 198 g/mol. The van der Waals surface area contributed by atoms with Gasteiger partial charge in [0.2, 0.25) is 0 Å². The molecule has 0 atom stereocenters. The Morgan fingerprint density at radius 1 is 1.38 bits per heavy atom. The van der Waals surface area contributed by atoms with E-state index in [1.54, 1.807) is 0 Å². The predicted octanol–water partition coefficient (Wildman–Crippen LogP) is 1.77. The van der Waals surface area contributed by atoms with Crippen LogP contribution in [0.3, 0.4) is 0 Å². The Labute approximate surface area is 97.7 Å². The highest BCUT2D eigenvalue weighted by Gasteiger charge is 2.28. The van der Waals surface area contributed by atoms with E-state index in [1.807, 2.05) is 12.1 Å². The third kappa shape index (κ3) is 2.80. The van der Waals surface area contributed by atoms with Crippen LogP contribution in [0.4, 0.5) is 0 Å². The number of hydrogen-bond donors (Lipinski definition) is 1. The zero-order valence-corrected chi connectivity index (χ0v) is 10.2. The number of hydrogen-bond acceptors (Lipinski definition) is 3.